The van der Waals surface area contributed by atoms with Gasteiger partial charge in [-0.05, 0) is 26.7 Å². The molecular formula is C17H27N5O3. The van der Waals surface area contributed by atoms with Crippen LogP contribution in [0.4, 0.5) is 4.79 Å². The van der Waals surface area contributed by atoms with E-state index in [4.69, 9.17) is 4.52 Å². The molecule has 0 radical (unpaired) electrons. The normalized spacial score (nSPS) is 19.9. The molecule has 1 aromatic rings. The van der Waals surface area contributed by atoms with Crippen LogP contribution < -0.4 is 5.32 Å². The summed E-state index contributed by atoms with van der Waals surface area (Å²) in [7, 11) is 0. The molecule has 0 unspecified atom stereocenters. The average Bonchev–Trinajstić information content (AvgIpc) is 3.26. The lowest BCUT2D eigenvalue weighted by Crippen LogP contribution is -2.55. The molecule has 2 fully saturated rings. The van der Waals surface area contributed by atoms with Crippen molar-refractivity contribution in [3.63, 3.8) is 0 Å². The fourth-order valence-electron chi connectivity index (χ4n) is 3.37. The maximum absolute atomic E-state index is 12.4. The first-order valence-corrected chi connectivity index (χ1v) is 9.01. The number of hydrogen-bond donors (Lipinski definition) is 1. The topological polar surface area (TPSA) is 81.9 Å². The van der Waals surface area contributed by atoms with Gasteiger partial charge in [-0.25, -0.2) is 4.79 Å². The van der Waals surface area contributed by atoms with Gasteiger partial charge in [0.2, 0.25) is 5.91 Å². The van der Waals surface area contributed by atoms with E-state index in [0.29, 0.717) is 19.6 Å². The average molecular weight is 349 g/mol. The first-order valence-electron chi connectivity index (χ1n) is 9.01. The lowest BCUT2D eigenvalue weighted by Gasteiger charge is -2.34. The minimum absolute atomic E-state index is 0.0187. The van der Waals surface area contributed by atoms with Gasteiger partial charge < -0.3 is 19.6 Å². The van der Waals surface area contributed by atoms with Gasteiger partial charge >= 0.3 is 6.03 Å². The highest BCUT2D eigenvalue weighted by Crippen LogP contribution is 2.11. The van der Waals surface area contributed by atoms with Gasteiger partial charge in [0, 0.05) is 45.3 Å². The van der Waals surface area contributed by atoms with E-state index in [9.17, 15) is 9.59 Å². The van der Waals surface area contributed by atoms with Gasteiger partial charge in [0.25, 0.3) is 0 Å². The van der Waals surface area contributed by atoms with E-state index in [2.05, 4.69) is 15.4 Å². The second kappa shape index (κ2) is 7.86. The summed E-state index contributed by atoms with van der Waals surface area (Å²) in [6.07, 6.45) is 2.11. The van der Waals surface area contributed by atoms with E-state index in [1.165, 1.54) is 0 Å². The van der Waals surface area contributed by atoms with E-state index in [-0.39, 0.29) is 11.9 Å². The summed E-state index contributed by atoms with van der Waals surface area (Å²) in [6.45, 7) is 8.83. The molecule has 25 heavy (non-hydrogen) atoms. The third-order valence-electron chi connectivity index (χ3n) is 4.84. The number of carbonyl (C=O) groups is 2. The fraction of sp³-hybridized carbons (Fsp3) is 0.706. The van der Waals surface area contributed by atoms with Crippen LogP contribution in [0.3, 0.4) is 0 Å². The lowest BCUT2D eigenvalue weighted by molar-refractivity contribution is -0.131. The van der Waals surface area contributed by atoms with Crippen molar-refractivity contribution in [2.45, 2.75) is 39.3 Å². The molecule has 0 saturated carbocycles. The number of hydrogen-bond acceptors (Lipinski definition) is 5. The molecule has 8 nitrogen and oxygen atoms in total. The molecule has 3 amide bonds. The summed E-state index contributed by atoms with van der Waals surface area (Å²) < 4.78 is 5.24. The molecule has 0 bridgehead atoms. The summed E-state index contributed by atoms with van der Waals surface area (Å²) in [5, 5.41) is 6.74. The molecule has 2 aliphatic rings. The van der Waals surface area contributed by atoms with Crippen LogP contribution in [0.1, 0.15) is 31.2 Å². The Labute approximate surface area is 148 Å². The van der Waals surface area contributed by atoms with Crippen LogP contribution in [0.15, 0.2) is 10.6 Å². The van der Waals surface area contributed by atoms with Crippen molar-refractivity contribution in [3.05, 3.63) is 17.5 Å². The zero-order chi connectivity index (χ0) is 17.8. The second-order valence-electron chi connectivity index (χ2n) is 6.90. The maximum atomic E-state index is 12.4. The predicted molar refractivity (Wildman–Crippen MR) is 91.9 cm³/mol. The zero-order valence-electron chi connectivity index (χ0n) is 15.0. The first-order chi connectivity index (χ1) is 12.0. The highest BCUT2D eigenvalue weighted by molar-refractivity contribution is 5.86. The second-order valence-corrected chi connectivity index (χ2v) is 6.90. The van der Waals surface area contributed by atoms with Gasteiger partial charge in [-0.2, -0.15) is 0 Å². The minimum Gasteiger partial charge on any atom is -0.360 e. The molecule has 8 heteroatoms. The Morgan fingerprint density at radius 1 is 1.16 bits per heavy atom. The highest BCUT2D eigenvalue weighted by atomic mass is 16.5. The SMILES string of the molecule is Cc1cc(CN2CCN(C(=O)N[C@@H](C)C(=O)N3CCCC3)CC2)on1. The third kappa shape index (κ3) is 4.50. The standard InChI is InChI=1S/C17H27N5O3/c1-13-11-15(25-19-13)12-20-7-9-22(10-8-20)17(24)18-14(2)16(23)21-5-3-4-6-21/h11,14H,3-10,12H2,1-2H3,(H,18,24)/t14-/m0/s1. The Kier molecular flexibility index (Phi) is 5.57. The Morgan fingerprint density at radius 2 is 1.84 bits per heavy atom. The van der Waals surface area contributed by atoms with Crippen molar-refractivity contribution in [2.24, 2.45) is 0 Å². The van der Waals surface area contributed by atoms with E-state index >= 15 is 0 Å². The molecule has 3 heterocycles. The van der Waals surface area contributed by atoms with E-state index < -0.39 is 6.04 Å². The quantitative estimate of drug-likeness (QED) is 0.870. The molecule has 1 N–H and O–H groups in total. The van der Waals surface area contributed by atoms with Gasteiger partial charge in [-0.3, -0.25) is 9.69 Å². The number of nitrogens with zero attached hydrogens (tertiary/aromatic N) is 4. The Hall–Kier alpha value is -2.09. The van der Waals surface area contributed by atoms with Crippen LogP contribution in [0.5, 0.6) is 0 Å². The van der Waals surface area contributed by atoms with Crippen LogP contribution in [-0.2, 0) is 11.3 Å². The number of urea groups is 1. The highest BCUT2D eigenvalue weighted by Gasteiger charge is 2.27. The molecule has 1 aromatic heterocycles. The molecule has 2 aliphatic heterocycles. The molecule has 138 valence electrons. The summed E-state index contributed by atoms with van der Waals surface area (Å²) in [4.78, 5) is 30.5. The number of likely N-dealkylation sites (tertiary alicyclic amines) is 1. The molecule has 1 atom stereocenters. The van der Waals surface area contributed by atoms with Crippen molar-refractivity contribution in [1.82, 2.24) is 25.2 Å². The summed E-state index contributed by atoms with van der Waals surface area (Å²) in [6, 6.07) is 1.31. The molecule has 0 aromatic carbocycles. The lowest BCUT2D eigenvalue weighted by atomic mass is 10.2. The third-order valence-corrected chi connectivity index (χ3v) is 4.84. The van der Waals surface area contributed by atoms with Crippen molar-refractivity contribution in [1.29, 1.82) is 0 Å². The molecule has 2 saturated heterocycles. The number of piperazine rings is 1. The minimum atomic E-state index is -0.471. The van der Waals surface area contributed by atoms with Crippen molar-refractivity contribution in [2.75, 3.05) is 39.3 Å². The predicted octanol–water partition coefficient (Wildman–Crippen LogP) is 0.821. The Bertz CT molecular complexity index is 603. The Balaban J connectivity index is 1.42. The van der Waals surface area contributed by atoms with Gasteiger partial charge in [0.15, 0.2) is 5.76 Å². The smallest absolute Gasteiger partial charge is 0.318 e. The van der Waals surface area contributed by atoms with Crippen molar-refractivity contribution in [3.8, 4) is 0 Å². The summed E-state index contributed by atoms with van der Waals surface area (Å²) >= 11 is 0. The fourth-order valence-corrected chi connectivity index (χ4v) is 3.37. The molecule has 3 rings (SSSR count). The van der Waals surface area contributed by atoms with Crippen LogP contribution in [-0.4, -0.2) is 77.1 Å². The van der Waals surface area contributed by atoms with E-state index in [1.54, 1.807) is 11.8 Å². The van der Waals surface area contributed by atoms with Crippen LogP contribution in [0, 0.1) is 6.92 Å². The number of nitrogens with one attached hydrogen (secondary N) is 1. The van der Waals surface area contributed by atoms with Crippen molar-refractivity contribution >= 4 is 11.9 Å². The number of carbonyl (C=O) groups excluding carboxylic acids is 2. The van der Waals surface area contributed by atoms with Crippen LogP contribution in [0.2, 0.25) is 0 Å². The summed E-state index contributed by atoms with van der Waals surface area (Å²) in [5.41, 5.74) is 0.879. The van der Waals surface area contributed by atoms with Gasteiger partial charge in [0.1, 0.15) is 6.04 Å². The number of aromatic nitrogens is 1. The van der Waals surface area contributed by atoms with Crippen LogP contribution >= 0.6 is 0 Å². The molecular weight excluding hydrogens is 322 g/mol. The summed E-state index contributed by atoms with van der Waals surface area (Å²) in [5.74, 6) is 0.866. The monoisotopic (exact) mass is 349 g/mol. The van der Waals surface area contributed by atoms with Crippen molar-refractivity contribution < 1.29 is 14.1 Å². The number of amides is 3. The maximum Gasteiger partial charge on any atom is 0.318 e. The molecule has 0 aliphatic carbocycles. The van der Waals surface area contributed by atoms with E-state index in [0.717, 1.165) is 50.5 Å². The van der Waals surface area contributed by atoms with E-state index in [1.807, 2.05) is 17.9 Å². The number of aryl methyl sites for hydroxylation is 1. The van der Waals surface area contributed by atoms with Gasteiger partial charge in [-0.1, -0.05) is 5.16 Å². The zero-order valence-corrected chi connectivity index (χ0v) is 15.0. The largest absolute Gasteiger partial charge is 0.360 e. The van der Waals surface area contributed by atoms with Gasteiger partial charge in [0.05, 0.1) is 12.2 Å². The molecule has 0 spiro atoms. The van der Waals surface area contributed by atoms with Crippen LogP contribution in [0.25, 0.3) is 0 Å². The number of rotatable bonds is 4. The first kappa shape index (κ1) is 17.7. The Morgan fingerprint density at radius 3 is 2.44 bits per heavy atom. The van der Waals surface area contributed by atoms with Gasteiger partial charge in [-0.15, -0.1) is 0 Å².